The third-order valence-corrected chi connectivity index (χ3v) is 3.87. The van der Waals surface area contributed by atoms with Crippen molar-refractivity contribution in [2.24, 2.45) is 0 Å². The van der Waals surface area contributed by atoms with Crippen molar-refractivity contribution >= 4 is 17.7 Å². The predicted octanol–water partition coefficient (Wildman–Crippen LogP) is 0.229. The van der Waals surface area contributed by atoms with Gasteiger partial charge in [-0.2, -0.15) is 0 Å². The van der Waals surface area contributed by atoms with Crippen LogP contribution in [0.25, 0.3) is 0 Å². The average molecular weight is 332 g/mol. The molecule has 130 valence electrons. The first-order valence-corrected chi connectivity index (χ1v) is 8.00. The molecule has 0 saturated carbocycles. The maximum Gasteiger partial charge on any atom is 0.253 e. The highest BCUT2D eigenvalue weighted by molar-refractivity contribution is 5.94. The third-order valence-electron chi connectivity index (χ3n) is 3.87. The lowest BCUT2D eigenvalue weighted by molar-refractivity contribution is -0.128. The molecule has 1 heterocycles. The molecule has 0 spiro atoms. The van der Waals surface area contributed by atoms with Gasteiger partial charge in [0, 0.05) is 38.7 Å². The summed E-state index contributed by atoms with van der Waals surface area (Å²) in [5.41, 5.74) is 7.47. The maximum atomic E-state index is 12.6. The summed E-state index contributed by atoms with van der Waals surface area (Å²) in [7, 11) is 0. The quantitative estimate of drug-likeness (QED) is 0.777. The summed E-state index contributed by atoms with van der Waals surface area (Å²) in [6.45, 7) is 7.92. The van der Waals surface area contributed by atoms with Gasteiger partial charge in [0.2, 0.25) is 5.91 Å². The van der Waals surface area contributed by atoms with Crippen molar-refractivity contribution < 1.29 is 14.4 Å². The van der Waals surface area contributed by atoms with Crippen LogP contribution in [0.15, 0.2) is 18.2 Å². The third kappa shape index (κ3) is 5.06. The van der Waals surface area contributed by atoms with E-state index in [1.54, 1.807) is 0 Å². The van der Waals surface area contributed by atoms with Crippen molar-refractivity contribution in [3.8, 4) is 0 Å². The molecule has 0 atom stereocenters. The number of carbonyl (C=O) groups excluding carboxylic acids is 3. The second-order valence-corrected chi connectivity index (χ2v) is 6.17. The zero-order valence-corrected chi connectivity index (χ0v) is 14.4. The molecule has 7 heteroatoms. The molecule has 1 aromatic rings. The number of amides is 3. The Balaban J connectivity index is 1.84. The molecule has 1 saturated heterocycles. The number of nitrogens with one attached hydrogen (secondary N) is 2. The fraction of sp³-hybridized carbons (Fsp3) is 0.471. The van der Waals surface area contributed by atoms with Gasteiger partial charge in [-0.25, -0.2) is 0 Å². The van der Waals surface area contributed by atoms with Crippen LogP contribution < -0.4 is 10.9 Å². The van der Waals surface area contributed by atoms with Gasteiger partial charge < -0.3 is 4.90 Å². The van der Waals surface area contributed by atoms with E-state index in [-0.39, 0.29) is 24.3 Å². The molecule has 1 fully saturated rings. The number of piperazine rings is 1. The highest BCUT2D eigenvalue weighted by Crippen LogP contribution is 2.13. The lowest BCUT2D eigenvalue weighted by Gasteiger charge is -2.34. The first-order valence-electron chi connectivity index (χ1n) is 8.00. The van der Waals surface area contributed by atoms with Crippen LogP contribution >= 0.6 is 0 Å². The Kier molecular flexibility index (Phi) is 5.92. The highest BCUT2D eigenvalue weighted by atomic mass is 16.2. The minimum absolute atomic E-state index is 0.0316. The molecule has 1 aromatic carbocycles. The lowest BCUT2D eigenvalue weighted by atomic mass is 10.1. The molecule has 24 heavy (non-hydrogen) atoms. The highest BCUT2D eigenvalue weighted by Gasteiger charge is 2.23. The van der Waals surface area contributed by atoms with Crippen molar-refractivity contribution in [2.45, 2.75) is 20.8 Å². The smallest absolute Gasteiger partial charge is 0.253 e. The number of hydrazine groups is 1. The van der Waals surface area contributed by atoms with Gasteiger partial charge in [-0.15, -0.1) is 0 Å². The number of hydrogen-bond donors (Lipinski definition) is 2. The van der Waals surface area contributed by atoms with Gasteiger partial charge >= 0.3 is 0 Å². The zero-order valence-electron chi connectivity index (χ0n) is 14.4. The molecule has 3 amide bonds. The van der Waals surface area contributed by atoms with Gasteiger partial charge in [-0.05, 0) is 26.0 Å². The normalized spacial score (nSPS) is 15.0. The number of nitrogens with zero attached hydrogens (tertiary/aromatic N) is 2. The molecule has 0 bridgehead atoms. The fourth-order valence-electron chi connectivity index (χ4n) is 2.79. The molecule has 0 aliphatic carbocycles. The van der Waals surface area contributed by atoms with Crippen LogP contribution in [0.4, 0.5) is 0 Å². The predicted molar refractivity (Wildman–Crippen MR) is 90.2 cm³/mol. The first-order chi connectivity index (χ1) is 11.3. The Bertz CT molecular complexity index is 616. The minimum atomic E-state index is -0.313. The van der Waals surface area contributed by atoms with E-state index in [0.29, 0.717) is 31.7 Å². The Labute approximate surface area is 142 Å². The summed E-state index contributed by atoms with van der Waals surface area (Å²) in [5.74, 6) is -0.546. The van der Waals surface area contributed by atoms with E-state index in [2.05, 4.69) is 10.9 Å². The summed E-state index contributed by atoms with van der Waals surface area (Å²) < 4.78 is 0. The summed E-state index contributed by atoms with van der Waals surface area (Å²) in [6, 6.07) is 5.85. The molecule has 0 aromatic heterocycles. The maximum absolute atomic E-state index is 12.6. The standard InChI is InChI=1S/C17H24N4O3/c1-12-8-13(2)10-15(9-12)17(24)21-6-4-20(5-7-21)11-16(23)19-18-14(3)22/h8-10H,4-7,11H2,1-3H3,(H,18,22)(H,19,23). The molecule has 0 unspecified atom stereocenters. The van der Waals surface area contributed by atoms with Gasteiger partial charge in [0.25, 0.3) is 11.8 Å². The Morgan fingerprint density at radius 3 is 2.08 bits per heavy atom. The summed E-state index contributed by atoms with van der Waals surface area (Å²) in [4.78, 5) is 38.8. The minimum Gasteiger partial charge on any atom is -0.336 e. The van der Waals surface area contributed by atoms with E-state index in [9.17, 15) is 14.4 Å². The van der Waals surface area contributed by atoms with Crippen molar-refractivity contribution in [1.82, 2.24) is 20.7 Å². The molecule has 2 N–H and O–H groups in total. The molecule has 1 aliphatic rings. The number of aryl methyl sites for hydroxylation is 2. The van der Waals surface area contributed by atoms with E-state index in [4.69, 9.17) is 0 Å². The van der Waals surface area contributed by atoms with Crippen molar-refractivity contribution in [2.75, 3.05) is 32.7 Å². The average Bonchev–Trinajstić information content (AvgIpc) is 2.52. The molecule has 0 radical (unpaired) electrons. The molecule has 7 nitrogen and oxygen atoms in total. The van der Waals surface area contributed by atoms with Gasteiger partial charge in [0.1, 0.15) is 0 Å². The molecular formula is C17H24N4O3. The van der Waals surface area contributed by atoms with Crippen LogP contribution in [0, 0.1) is 13.8 Å². The number of rotatable bonds is 3. The molecule has 2 rings (SSSR count). The first kappa shape index (κ1) is 17.9. The van der Waals surface area contributed by atoms with Crippen molar-refractivity contribution in [3.05, 3.63) is 34.9 Å². The van der Waals surface area contributed by atoms with Gasteiger partial charge in [0.05, 0.1) is 6.54 Å². The lowest BCUT2D eigenvalue weighted by Crippen LogP contribution is -2.52. The zero-order chi connectivity index (χ0) is 17.7. The summed E-state index contributed by atoms with van der Waals surface area (Å²) in [6.07, 6.45) is 0. The largest absolute Gasteiger partial charge is 0.336 e. The summed E-state index contributed by atoms with van der Waals surface area (Å²) >= 11 is 0. The van der Waals surface area contributed by atoms with Crippen molar-refractivity contribution in [1.29, 1.82) is 0 Å². The summed E-state index contributed by atoms with van der Waals surface area (Å²) in [5, 5.41) is 0. The fourth-order valence-corrected chi connectivity index (χ4v) is 2.79. The number of benzene rings is 1. The topological polar surface area (TPSA) is 81.8 Å². The van der Waals surface area contributed by atoms with Crippen LogP contribution in [0.1, 0.15) is 28.4 Å². The number of hydrogen-bond acceptors (Lipinski definition) is 4. The second kappa shape index (κ2) is 7.92. The number of carbonyl (C=O) groups is 3. The second-order valence-electron chi connectivity index (χ2n) is 6.17. The van der Waals surface area contributed by atoms with Crippen LogP contribution in [-0.2, 0) is 9.59 Å². The molecule has 1 aliphatic heterocycles. The van der Waals surface area contributed by atoms with Crippen molar-refractivity contribution in [3.63, 3.8) is 0 Å². The van der Waals surface area contributed by atoms with Crippen LogP contribution in [0.5, 0.6) is 0 Å². The van der Waals surface area contributed by atoms with Crippen LogP contribution in [0.2, 0.25) is 0 Å². The van der Waals surface area contributed by atoms with E-state index in [1.807, 2.05) is 41.8 Å². The van der Waals surface area contributed by atoms with E-state index < -0.39 is 0 Å². The van der Waals surface area contributed by atoms with E-state index in [0.717, 1.165) is 11.1 Å². The molecular weight excluding hydrogens is 308 g/mol. The monoisotopic (exact) mass is 332 g/mol. The Morgan fingerprint density at radius 2 is 1.54 bits per heavy atom. The van der Waals surface area contributed by atoms with E-state index >= 15 is 0 Å². The van der Waals surface area contributed by atoms with Gasteiger partial charge in [0.15, 0.2) is 0 Å². The van der Waals surface area contributed by atoms with Gasteiger partial charge in [-0.3, -0.25) is 30.1 Å². The SMILES string of the molecule is CC(=O)NNC(=O)CN1CCN(C(=O)c2cc(C)cc(C)c2)CC1. The van der Waals surface area contributed by atoms with Gasteiger partial charge in [-0.1, -0.05) is 17.2 Å². The Hall–Kier alpha value is -2.41. The Morgan fingerprint density at radius 1 is 0.958 bits per heavy atom. The van der Waals surface area contributed by atoms with Crippen LogP contribution in [0.3, 0.4) is 0 Å². The van der Waals surface area contributed by atoms with Crippen LogP contribution in [-0.4, -0.2) is 60.2 Å². The van der Waals surface area contributed by atoms with E-state index in [1.165, 1.54) is 6.92 Å².